The third-order valence-electron chi connectivity index (χ3n) is 1.35. The predicted octanol–water partition coefficient (Wildman–Crippen LogP) is -0.217. The fourth-order valence-electron chi connectivity index (χ4n) is 0.749. The van der Waals surface area contributed by atoms with Crippen molar-refractivity contribution in [2.45, 2.75) is 0 Å². The molecular formula is C7H7N2O4. The van der Waals surface area contributed by atoms with Gasteiger partial charge in [0.05, 0.1) is 14.2 Å². The fraction of sp³-hybridized carbons (Fsp3) is 0.286. The number of aromatic nitrogens is 2. The van der Waals surface area contributed by atoms with Crippen LogP contribution in [0, 0.1) is 6.33 Å². The fourth-order valence-corrected chi connectivity index (χ4v) is 0.749. The highest BCUT2D eigenvalue weighted by atomic mass is 16.5. The van der Waals surface area contributed by atoms with E-state index in [4.69, 9.17) is 0 Å². The highest BCUT2D eigenvalue weighted by Gasteiger charge is 2.21. The average molecular weight is 183 g/mol. The summed E-state index contributed by atoms with van der Waals surface area (Å²) in [6.45, 7) is 0. The zero-order chi connectivity index (χ0) is 9.84. The summed E-state index contributed by atoms with van der Waals surface area (Å²) in [4.78, 5) is 27.8. The van der Waals surface area contributed by atoms with Crippen molar-refractivity contribution in [3.63, 3.8) is 0 Å². The van der Waals surface area contributed by atoms with Gasteiger partial charge in [-0.15, -0.1) is 0 Å². The summed E-state index contributed by atoms with van der Waals surface area (Å²) in [6, 6.07) is 0. The van der Waals surface area contributed by atoms with Gasteiger partial charge in [0.25, 0.3) is 0 Å². The lowest BCUT2D eigenvalue weighted by molar-refractivity contribution is 0.0548. The smallest absolute Gasteiger partial charge is 0.359 e. The Balaban J connectivity index is 3.02. The van der Waals surface area contributed by atoms with Crippen LogP contribution in [-0.2, 0) is 9.47 Å². The van der Waals surface area contributed by atoms with Crippen LogP contribution in [0.1, 0.15) is 21.0 Å². The molecule has 1 rings (SSSR count). The average Bonchev–Trinajstić information content (AvgIpc) is 2.63. The largest absolute Gasteiger partial charge is 0.464 e. The molecule has 0 aliphatic heterocycles. The number of hydrogen-bond acceptors (Lipinski definition) is 5. The number of rotatable bonds is 2. The molecule has 0 amide bonds. The highest BCUT2D eigenvalue weighted by Crippen LogP contribution is 2.04. The summed E-state index contributed by atoms with van der Waals surface area (Å²) in [6.07, 6.45) is 2.25. The summed E-state index contributed by atoms with van der Waals surface area (Å²) in [5, 5.41) is 0. The molecule has 6 nitrogen and oxygen atoms in total. The Morgan fingerprint density at radius 3 is 2.46 bits per heavy atom. The third kappa shape index (κ3) is 1.66. The number of esters is 2. The number of carbonyl (C=O) groups is 2. The molecule has 0 bridgehead atoms. The first-order valence-electron chi connectivity index (χ1n) is 3.33. The van der Waals surface area contributed by atoms with Crippen LogP contribution in [0.2, 0.25) is 0 Å². The number of nitrogens with zero attached hydrogens (tertiary/aromatic N) is 1. The molecule has 0 aliphatic carbocycles. The Kier molecular flexibility index (Phi) is 2.63. The second kappa shape index (κ2) is 3.70. The molecule has 1 radical (unpaired) electrons. The molecule has 0 aliphatic rings. The van der Waals surface area contributed by atoms with Crippen molar-refractivity contribution in [3.8, 4) is 0 Å². The summed E-state index contributed by atoms with van der Waals surface area (Å²) in [7, 11) is 2.39. The number of H-pyrrole nitrogens is 1. The van der Waals surface area contributed by atoms with Gasteiger partial charge in [-0.3, -0.25) is 0 Å². The van der Waals surface area contributed by atoms with Gasteiger partial charge in [-0.05, 0) is 0 Å². The molecule has 0 atom stereocenters. The first kappa shape index (κ1) is 9.24. The molecule has 1 N–H and O–H groups in total. The first-order valence-corrected chi connectivity index (χ1v) is 3.33. The predicted molar refractivity (Wildman–Crippen MR) is 40.1 cm³/mol. The molecule has 13 heavy (non-hydrogen) atoms. The highest BCUT2D eigenvalue weighted by molar-refractivity contribution is 6.00. The van der Waals surface area contributed by atoms with Crippen LogP contribution in [0.25, 0.3) is 0 Å². The number of aromatic amines is 1. The molecule has 1 heterocycles. The van der Waals surface area contributed by atoms with E-state index in [9.17, 15) is 9.59 Å². The van der Waals surface area contributed by atoms with E-state index in [-0.39, 0.29) is 11.4 Å². The molecule has 1 aromatic heterocycles. The van der Waals surface area contributed by atoms with Crippen molar-refractivity contribution < 1.29 is 19.1 Å². The summed E-state index contributed by atoms with van der Waals surface area (Å²) in [5.41, 5.74) is -0.191. The second-order valence-corrected chi connectivity index (χ2v) is 2.06. The monoisotopic (exact) mass is 183 g/mol. The first-order chi connectivity index (χ1) is 6.20. The van der Waals surface area contributed by atoms with Crippen LogP contribution in [-0.4, -0.2) is 36.1 Å². The van der Waals surface area contributed by atoms with E-state index in [0.717, 1.165) is 0 Å². The zero-order valence-electron chi connectivity index (χ0n) is 7.08. The van der Waals surface area contributed by atoms with Crippen LogP contribution >= 0.6 is 0 Å². The van der Waals surface area contributed by atoms with Crippen LogP contribution < -0.4 is 0 Å². The minimum Gasteiger partial charge on any atom is -0.464 e. The summed E-state index contributed by atoms with van der Waals surface area (Å²) >= 11 is 0. The van der Waals surface area contributed by atoms with E-state index in [1.807, 2.05) is 0 Å². The van der Waals surface area contributed by atoms with Crippen LogP contribution in [0.4, 0.5) is 0 Å². The van der Waals surface area contributed by atoms with Crippen molar-refractivity contribution in [1.29, 1.82) is 0 Å². The molecule has 0 saturated heterocycles. The zero-order valence-corrected chi connectivity index (χ0v) is 7.08. The molecule has 69 valence electrons. The van der Waals surface area contributed by atoms with E-state index in [2.05, 4.69) is 25.8 Å². The quantitative estimate of drug-likeness (QED) is 0.641. The molecule has 0 saturated carbocycles. The second-order valence-electron chi connectivity index (χ2n) is 2.06. The van der Waals surface area contributed by atoms with E-state index in [1.165, 1.54) is 14.2 Å². The SMILES string of the molecule is COC(=O)c1n[c][nH]c1C(=O)OC. The number of hydrogen-bond donors (Lipinski definition) is 1. The molecule has 0 fully saturated rings. The van der Waals surface area contributed by atoms with E-state index in [0.29, 0.717) is 0 Å². The lowest BCUT2D eigenvalue weighted by Gasteiger charge is -1.97. The number of ether oxygens (including phenoxy) is 2. The van der Waals surface area contributed by atoms with E-state index < -0.39 is 11.9 Å². The summed E-state index contributed by atoms with van der Waals surface area (Å²) in [5.74, 6) is -1.40. The maximum absolute atomic E-state index is 11.0. The summed E-state index contributed by atoms with van der Waals surface area (Å²) < 4.78 is 8.77. The van der Waals surface area contributed by atoms with E-state index in [1.54, 1.807) is 0 Å². The van der Waals surface area contributed by atoms with Crippen LogP contribution in [0.5, 0.6) is 0 Å². The standard InChI is InChI=1S/C7H7N2O4/c1-12-6(10)4-5(7(11)13-2)9-3-8-4/h1-2H3,(H,8,9). The van der Waals surface area contributed by atoms with E-state index >= 15 is 0 Å². The lowest BCUT2D eigenvalue weighted by atomic mass is 10.3. The van der Waals surface area contributed by atoms with Gasteiger partial charge >= 0.3 is 11.9 Å². The molecule has 0 spiro atoms. The minimum absolute atomic E-state index is 0.0608. The Morgan fingerprint density at radius 2 is 1.92 bits per heavy atom. The molecular weight excluding hydrogens is 176 g/mol. The Bertz CT molecular complexity index is 300. The molecule has 1 aromatic rings. The number of imidazole rings is 1. The van der Waals surface area contributed by atoms with Gasteiger partial charge in [0.2, 0.25) is 0 Å². The number of methoxy groups -OCH3 is 2. The Morgan fingerprint density at radius 1 is 1.31 bits per heavy atom. The van der Waals surface area contributed by atoms with Gasteiger partial charge in [0, 0.05) is 0 Å². The topological polar surface area (TPSA) is 81.3 Å². The van der Waals surface area contributed by atoms with Gasteiger partial charge in [0.15, 0.2) is 17.7 Å². The molecule has 0 aromatic carbocycles. The third-order valence-corrected chi connectivity index (χ3v) is 1.35. The normalized spacial score (nSPS) is 9.38. The van der Waals surface area contributed by atoms with Crippen molar-refractivity contribution in [2.24, 2.45) is 0 Å². The van der Waals surface area contributed by atoms with Gasteiger partial charge in [-0.25, -0.2) is 14.6 Å². The minimum atomic E-state index is -0.710. The van der Waals surface area contributed by atoms with Crippen molar-refractivity contribution in [3.05, 3.63) is 17.7 Å². The molecule has 6 heteroatoms. The number of nitrogens with one attached hydrogen (secondary N) is 1. The number of carbonyl (C=O) groups excluding carboxylic acids is 2. The lowest BCUT2D eigenvalue weighted by Crippen LogP contribution is -2.11. The van der Waals surface area contributed by atoms with Gasteiger partial charge in [0.1, 0.15) is 0 Å². The Hall–Kier alpha value is -1.85. The maximum Gasteiger partial charge on any atom is 0.359 e. The van der Waals surface area contributed by atoms with Crippen LogP contribution in [0.15, 0.2) is 0 Å². The van der Waals surface area contributed by atoms with Crippen molar-refractivity contribution in [1.82, 2.24) is 9.97 Å². The van der Waals surface area contributed by atoms with Gasteiger partial charge in [-0.1, -0.05) is 0 Å². The van der Waals surface area contributed by atoms with Crippen molar-refractivity contribution in [2.75, 3.05) is 14.2 Å². The molecule has 0 unspecified atom stereocenters. The Labute approximate surface area is 73.9 Å². The van der Waals surface area contributed by atoms with Gasteiger partial charge < -0.3 is 14.5 Å². The van der Waals surface area contributed by atoms with Crippen molar-refractivity contribution >= 4 is 11.9 Å². The maximum atomic E-state index is 11.0. The van der Waals surface area contributed by atoms with Crippen LogP contribution in [0.3, 0.4) is 0 Å². The van der Waals surface area contributed by atoms with Gasteiger partial charge in [-0.2, -0.15) is 0 Å².